The predicted molar refractivity (Wildman–Crippen MR) is 67.5 cm³/mol. The van der Waals surface area contributed by atoms with Gasteiger partial charge in [0.25, 0.3) is 0 Å². The second-order valence-electron chi connectivity index (χ2n) is 3.64. The molecule has 1 heterocycles. The minimum atomic E-state index is 0.688. The van der Waals surface area contributed by atoms with Gasteiger partial charge in [-0.05, 0) is 30.2 Å². The molecule has 1 aromatic carbocycles. The van der Waals surface area contributed by atoms with Gasteiger partial charge in [-0.25, -0.2) is 9.97 Å². The van der Waals surface area contributed by atoms with Crippen LogP contribution in [-0.2, 0) is 5.75 Å². The standard InChI is InChI=1S/C13H11N3S/c1-10-7-15-13(16-8-10)17-9-12-4-2-3-11(5-12)6-14/h2-5,7-8H,9H2,1H3. The van der Waals surface area contributed by atoms with Crippen LogP contribution in [0.3, 0.4) is 0 Å². The monoisotopic (exact) mass is 241 g/mol. The van der Waals surface area contributed by atoms with Gasteiger partial charge in [-0.2, -0.15) is 5.26 Å². The number of rotatable bonds is 3. The van der Waals surface area contributed by atoms with Gasteiger partial charge in [-0.3, -0.25) is 0 Å². The van der Waals surface area contributed by atoms with Gasteiger partial charge in [0, 0.05) is 18.1 Å². The van der Waals surface area contributed by atoms with Crippen molar-refractivity contribution in [3.63, 3.8) is 0 Å². The van der Waals surface area contributed by atoms with Crippen LogP contribution < -0.4 is 0 Å². The van der Waals surface area contributed by atoms with Crippen LogP contribution in [0.1, 0.15) is 16.7 Å². The van der Waals surface area contributed by atoms with Crippen molar-refractivity contribution in [2.75, 3.05) is 0 Å². The van der Waals surface area contributed by atoms with E-state index in [2.05, 4.69) is 16.0 Å². The highest BCUT2D eigenvalue weighted by molar-refractivity contribution is 7.98. The molecule has 0 aliphatic rings. The first-order chi connectivity index (χ1) is 8.28. The molecule has 0 atom stereocenters. The molecule has 0 spiro atoms. The molecule has 0 aliphatic carbocycles. The van der Waals surface area contributed by atoms with E-state index in [-0.39, 0.29) is 0 Å². The Bertz CT molecular complexity index is 543. The van der Waals surface area contributed by atoms with Gasteiger partial charge in [0.05, 0.1) is 11.6 Å². The second kappa shape index (κ2) is 5.46. The summed E-state index contributed by atoms with van der Waals surface area (Å²) in [4.78, 5) is 8.45. The number of hydrogen-bond donors (Lipinski definition) is 0. The minimum absolute atomic E-state index is 0.688. The van der Waals surface area contributed by atoms with E-state index in [1.165, 1.54) is 0 Å². The van der Waals surface area contributed by atoms with Gasteiger partial charge in [-0.15, -0.1) is 0 Å². The van der Waals surface area contributed by atoms with Crippen LogP contribution >= 0.6 is 11.8 Å². The highest BCUT2D eigenvalue weighted by Gasteiger charge is 1.99. The minimum Gasteiger partial charge on any atom is -0.231 e. The van der Waals surface area contributed by atoms with E-state index in [0.717, 1.165) is 22.0 Å². The van der Waals surface area contributed by atoms with Crippen molar-refractivity contribution in [3.05, 3.63) is 53.3 Å². The van der Waals surface area contributed by atoms with Crippen LogP contribution in [0.4, 0.5) is 0 Å². The summed E-state index contributed by atoms with van der Waals surface area (Å²) < 4.78 is 0. The molecule has 0 bridgehead atoms. The van der Waals surface area contributed by atoms with Crippen molar-refractivity contribution in [1.29, 1.82) is 5.26 Å². The van der Waals surface area contributed by atoms with Crippen LogP contribution in [0.15, 0.2) is 41.8 Å². The summed E-state index contributed by atoms with van der Waals surface area (Å²) in [6.07, 6.45) is 3.61. The first-order valence-electron chi connectivity index (χ1n) is 5.18. The fourth-order valence-corrected chi connectivity index (χ4v) is 2.06. The number of aryl methyl sites for hydroxylation is 1. The number of aromatic nitrogens is 2. The van der Waals surface area contributed by atoms with Crippen molar-refractivity contribution in [1.82, 2.24) is 9.97 Å². The van der Waals surface area contributed by atoms with E-state index in [9.17, 15) is 0 Å². The second-order valence-corrected chi connectivity index (χ2v) is 4.59. The van der Waals surface area contributed by atoms with Crippen LogP contribution in [0, 0.1) is 18.3 Å². The summed E-state index contributed by atoms with van der Waals surface area (Å²) in [5, 5.41) is 9.56. The SMILES string of the molecule is Cc1cnc(SCc2cccc(C#N)c2)nc1. The van der Waals surface area contributed by atoms with E-state index in [1.807, 2.05) is 25.1 Å². The third kappa shape index (κ3) is 3.30. The summed E-state index contributed by atoms with van der Waals surface area (Å²) in [7, 11) is 0. The molecule has 0 aliphatic heterocycles. The number of nitriles is 1. The quantitative estimate of drug-likeness (QED) is 0.612. The Balaban J connectivity index is 2.02. The van der Waals surface area contributed by atoms with Gasteiger partial charge in [0.1, 0.15) is 0 Å². The Morgan fingerprint density at radius 1 is 1.29 bits per heavy atom. The van der Waals surface area contributed by atoms with Crippen molar-refractivity contribution in [2.45, 2.75) is 17.8 Å². The van der Waals surface area contributed by atoms with Gasteiger partial charge in [-0.1, -0.05) is 23.9 Å². The normalized spacial score (nSPS) is 9.88. The van der Waals surface area contributed by atoms with Crippen molar-refractivity contribution in [3.8, 4) is 6.07 Å². The highest BCUT2D eigenvalue weighted by atomic mass is 32.2. The molecule has 0 amide bonds. The summed E-state index contributed by atoms with van der Waals surface area (Å²) in [5.74, 6) is 0.776. The molecule has 0 unspecified atom stereocenters. The third-order valence-electron chi connectivity index (χ3n) is 2.18. The lowest BCUT2D eigenvalue weighted by Gasteiger charge is -2.01. The maximum Gasteiger partial charge on any atom is 0.187 e. The van der Waals surface area contributed by atoms with E-state index in [0.29, 0.717) is 5.56 Å². The molecule has 0 saturated carbocycles. The summed E-state index contributed by atoms with van der Waals surface area (Å²) >= 11 is 1.57. The van der Waals surface area contributed by atoms with Crippen LogP contribution in [0.5, 0.6) is 0 Å². The number of thioether (sulfide) groups is 1. The molecule has 4 heteroatoms. The molecule has 0 radical (unpaired) electrons. The van der Waals surface area contributed by atoms with Crippen molar-refractivity contribution in [2.24, 2.45) is 0 Å². The zero-order valence-electron chi connectivity index (χ0n) is 9.42. The first kappa shape index (κ1) is 11.6. The van der Waals surface area contributed by atoms with Crippen LogP contribution in [0.25, 0.3) is 0 Å². The highest BCUT2D eigenvalue weighted by Crippen LogP contribution is 2.19. The van der Waals surface area contributed by atoms with Gasteiger partial charge in [0.15, 0.2) is 5.16 Å². The third-order valence-corrected chi connectivity index (χ3v) is 3.13. The molecule has 17 heavy (non-hydrogen) atoms. The molecule has 3 nitrogen and oxygen atoms in total. The van der Waals surface area contributed by atoms with Gasteiger partial charge >= 0.3 is 0 Å². The van der Waals surface area contributed by atoms with E-state index < -0.39 is 0 Å². The molecular weight excluding hydrogens is 230 g/mol. The lowest BCUT2D eigenvalue weighted by atomic mass is 10.2. The molecule has 0 fully saturated rings. The van der Waals surface area contributed by atoms with Crippen LogP contribution in [0.2, 0.25) is 0 Å². The Morgan fingerprint density at radius 3 is 2.76 bits per heavy atom. The fraction of sp³-hybridized carbons (Fsp3) is 0.154. The zero-order chi connectivity index (χ0) is 12.1. The molecule has 84 valence electrons. The Hall–Kier alpha value is -1.86. The molecule has 0 N–H and O–H groups in total. The maximum absolute atomic E-state index is 8.80. The van der Waals surface area contributed by atoms with Crippen molar-refractivity contribution >= 4 is 11.8 Å². The lowest BCUT2D eigenvalue weighted by Crippen LogP contribution is -1.88. The summed E-state index contributed by atoms with van der Waals surface area (Å²) in [6.45, 7) is 1.96. The maximum atomic E-state index is 8.80. The summed E-state index contributed by atoms with van der Waals surface area (Å²) in [6, 6.07) is 9.72. The smallest absolute Gasteiger partial charge is 0.187 e. The lowest BCUT2D eigenvalue weighted by molar-refractivity contribution is 0.949. The molecule has 1 aromatic heterocycles. The molecule has 2 aromatic rings. The van der Waals surface area contributed by atoms with Crippen LogP contribution in [-0.4, -0.2) is 9.97 Å². The molecule has 2 rings (SSSR count). The van der Waals surface area contributed by atoms with Gasteiger partial charge < -0.3 is 0 Å². The number of benzene rings is 1. The van der Waals surface area contributed by atoms with E-state index in [1.54, 1.807) is 30.2 Å². The Labute approximate surface area is 105 Å². The number of nitrogens with zero attached hydrogens (tertiary/aromatic N) is 3. The van der Waals surface area contributed by atoms with Gasteiger partial charge in [0.2, 0.25) is 0 Å². The van der Waals surface area contributed by atoms with Crippen molar-refractivity contribution < 1.29 is 0 Å². The summed E-state index contributed by atoms with van der Waals surface area (Å²) in [5.41, 5.74) is 2.85. The zero-order valence-corrected chi connectivity index (χ0v) is 10.2. The predicted octanol–water partition coefficient (Wildman–Crippen LogP) is 2.95. The Morgan fingerprint density at radius 2 is 2.06 bits per heavy atom. The molecular formula is C13H11N3S. The number of hydrogen-bond acceptors (Lipinski definition) is 4. The Kier molecular flexibility index (Phi) is 3.73. The van der Waals surface area contributed by atoms with E-state index in [4.69, 9.17) is 5.26 Å². The fourth-order valence-electron chi connectivity index (χ4n) is 1.33. The first-order valence-corrected chi connectivity index (χ1v) is 6.17. The molecule has 0 saturated heterocycles. The van der Waals surface area contributed by atoms with E-state index >= 15 is 0 Å². The topological polar surface area (TPSA) is 49.6 Å². The average Bonchev–Trinajstić information content (AvgIpc) is 2.38. The average molecular weight is 241 g/mol. The largest absolute Gasteiger partial charge is 0.231 e.